The minimum absolute atomic E-state index is 0.100. The van der Waals surface area contributed by atoms with Crippen molar-refractivity contribution in [3.63, 3.8) is 0 Å². The van der Waals surface area contributed by atoms with Crippen molar-refractivity contribution in [2.24, 2.45) is 5.92 Å². The number of pyridine rings is 1. The van der Waals surface area contributed by atoms with E-state index in [0.717, 1.165) is 10.8 Å². The number of Topliss-reactive ketones (excluding diaryl/α,β-unsaturated/α-hetero) is 1. The molecule has 1 amide bonds. The average molecular weight is 581 g/mol. The van der Waals surface area contributed by atoms with E-state index >= 15 is 0 Å². The zero-order chi connectivity index (χ0) is 29.9. The topological polar surface area (TPSA) is 148 Å². The van der Waals surface area contributed by atoms with Crippen LogP contribution in [-0.4, -0.2) is 32.3 Å². The zero-order valence-electron chi connectivity index (χ0n) is 23.2. The number of fused-ring (bicyclic) bond motifs is 4. The number of hydrogen-bond donors (Lipinski definition) is 3. The number of amides is 1. The van der Waals surface area contributed by atoms with E-state index in [9.17, 15) is 24.8 Å². The van der Waals surface area contributed by atoms with Gasteiger partial charge in [0, 0.05) is 46.6 Å². The smallest absolute Gasteiger partial charge is 0.269 e. The van der Waals surface area contributed by atoms with Crippen molar-refractivity contribution in [3.05, 3.63) is 104 Å². The second-order valence-electron chi connectivity index (χ2n) is 11.0. The largest absolute Gasteiger partial charge is 0.397 e. The summed E-state index contributed by atoms with van der Waals surface area (Å²) in [4.78, 5) is 43.4. The van der Waals surface area contributed by atoms with E-state index in [4.69, 9.17) is 10.7 Å². The van der Waals surface area contributed by atoms with Crippen LogP contribution in [0.3, 0.4) is 0 Å². The molecular formula is C32H28N4O5S. The van der Waals surface area contributed by atoms with E-state index in [-0.39, 0.29) is 29.5 Å². The Labute approximate surface area is 245 Å². The third-order valence-electron chi connectivity index (χ3n) is 8.18. The fourth-order valence-electron chi connectivity index (χ4n) is 6.50. The fourth-order valence-corrected chi connectivity index (χ4v) is 7.57. The van der Waals surface area contributed by atoms with Crippen LogP contribution in [0.25, 0.3) is 21.0 Å². The van der Waals surface area contributed by atoms with Crippen LogP contribution < -0.4 is 11.1 Å². The van der Waals surface area contributed by atoms with Gasteiger partial charge in [-0.25, -0.2) is 4.98 Å². The van der Waals surface area contributed by atoms with E-state index < -0.39 is 22.4 Å². The number of ketones is 1. The number of non-ortho nitro benzene ring substituents is 1. The minimum atomic E-state index is -1.49. The van der Waals surface area contributed by atoms with E-state index in [1.54, 1.807) is 19.1 Å². The Bertz CT molecular complexity index is 1940. The molecule has 3 unspecified atom stereocenters. The van der Waals surface area contributed by atoms with Crippen molar-refractivity contribution < 1.29 is 19.6 Å². The molecule has 0 aliphatic heterocycles. The molecular weight excluding hydrogens is 552 g/mol. The number of nitrogen functional groups attached to an aromatic ring is 1. The summed E-state index contributed by atoms with van der Waals surface area (Å²) in [5.41, 5.74) is 8.49. The Kier molecular flexibility index (Phi) is 6.55. The number of carbonyl (C=O) groups is 2. The Morgan fingerprint density at radius 3 is 2.60 bits per heavy atom. The number of aryl methyl sites for hydroxylation is 1. The Hall–Kier alpha value is -4.67. The molecule has 3 atom stereocenters. The first-order valence-electron chi connectivity index (χ1n) is 13.5. The molecule has 1 aliphatic rings. The SMILES string of the molecule is CC(=O)C1C(c2cccc([N+](=O)[O-])c2)c2c(C)nc3sc(C(=O)Nc4cccc5ccccc45)c(N)c3c2CC1(C)O. The van der Waals surface area contributed by atoms with Gasteiger partial charge in [-0.15, -0.1) is 11.3 Å². The molecule has 0 spiro atoms. The van der Waals surface area contributed by atoms with E-state index in [1.807, 2.05) is 49.4 Å². The number of carbonyl (C=O) groups excluding carboxylic acids is 2. The molecule has 9 nitrogen and oxygen atoms in total. The van der Waals surface area contributed by atoms with Crippen LogP contribution in [0.1, 0.15) is 51.8 Å². The maximum atomic E-state index is 13.6. The van der Waals surface area contributed by atoms with Gasteiger partial charge in [-0.1, -0.05) is 48.5 Å². The standard InChI is InChI=1S/C32H28N4O5S/c1-16-24-22(15-32(3,39)27(17(2)37)25(24)19-10-6-11-20(14-19)36(40)41)26-28(33)29(42-31(26)34-16)30(38)35-23-13-7-9-18-8-4-5-12-21(18)23/h4-14,25,27,39H,15,33H2,1-3H3,(H,35,38). The van der Waals surface area contributed by atoms with Crippen molar-refractivity contribution in [2.75, 3.05) is 11.1 Å². The number of rotatable bonds is 5. The number of thiophene rings is 1. The lowest BCUT2D eigenvalue weighted by Crippen LogP contribution is -2.48. The van der Waals surface area contributed by atoms with Gasteiger partial charge in [0.15, 0.2) is 0 Å². The van der Waals surface area contributed by atoms with Gasteiger partial charge in [-0.2, -0.15) is 0 Å². The predicted molar refractivity (Wildman–Crippen MR) is 164 cm³/mol. The first-order chi connectivity index (χ1) is 20.0. The maximum absolute atomic E-state index is 13.6. The van der Waals surface area contributed by atoms with Gasteiger partial charge in [0.05, 0.1) is 22.1 Å². The highest BCUT2D eigenvalue weighted by Crippen LogP contribution is 2.51. The third-order valence-corrected chi connectivity index (χ3v) is 9.28. The van der Waals surface area contributed by atoms with Gasteiger partial charge in [-0.3, -0.25) is 19.7 Å². The van der Waals surface area contributed by atoms with Gasteiger partial charge in [0.1, 0.15) is 15.5 Å². The Morgan fingerprint density at radius 2 is 1.86 bits per heavy atom. The molecule has 3 aromatic carbocycles. The second-order valence-corrected chi connectivity index (χ2v) is 12.0. The van der Waals surface area contributed by atoms with Gasteiger partial charge in [-0.05, 0) is 48.9 Å². The summed E-state index contributed by atoms with van der Waals surface area (Å²) < 4.78 is 0. The molecule has 0 fully saturated rings. The quantitative estimate of drug-likeness (QED) is 0.167. The number of benzene rings is 3. The lowest BCUT2D eigenvalue weighted by Gasteiger charge is -2.43. The summed E-state index contributed by atoms with van der Waals surface area (Å²) in [6, 6.07) is 19.5. The molecule has 212 valence electrons. The Morgan fingerprint density at radius 1 is 1.14 bits per heavy atom. The molecule has 10 heteroatoms. The van der Waals surface area contributed by atoms with E-state index in [1.165, 1.54) is 30.4 Å². The molecule has 1 aliphatic carbocycles. The van der Waals surface area contributed by atoms with E-state index in [0.29, 0.717) is 43.2 Å². The first kappa shape index (κ1) is 27.5. The highest BCUT2D eigenvalue weighted by atomic mass is 32.1. The number of aliphatic hydroxyl groups is 1. The molecule has 0 radical (unpaired) electrons. The van der Waals surface area contributed by atoms with Crippen molar-refractivity contribution in [3.8, 4) is 0 Å². The van der Waals surface area contributed by atoms with Gasteiger partial charge in [0.25, 0.3) is 11.6 Å². The van der Waals surface area contributed by atoms with Gasteiger partial charge in [0.2, 0.25) is 0 Å². The molecule has 0 bridgehead atoms. The van der Waals surface area contributed by atoms with Crippen molar-refractivity contribution in [1.29, 1.82) is 0 Å². The zero-order valence-corrected chi connectivity index (χ0v) is 24.0. The maximum Gasteiger partial charge on any atom is 0.269 e. The van der Waals surface area contributed by atoms with E-state index in [2.05, 4.69) is 5.32 Å². The number of nitro groups is 1. The molecule has 2 heterocycles. The predicted octanol–water partition coefficient (Wildman–Crippen LogP) is 6.14. The van der Waals surface area contributed by atoms with Crippen LogP contribution in [0.5, 0.6) is 0 Å². The van der Waals surface area contributed by atoms with Crippen LogP contribution in [0, 0.1) is 23.0 Å². The third kappa shape index (κ3) is 4.40. The summed E-state index contributed by atoms with van der Waals surface area (Å²) in [7, 11) is 0. The number of anilines is 2. The number of aromatic nitrogens is 1. The Balaban J connectivity index is 1.53. The normalized spacial score (nSPS) is 19.9. The van der Waals surface area contributed by atoms with Crippen molar-refractivity contribution in [2.45, 2.75) is 38.7 Å². The van der Waals surface area contributed by atoms with Gasteiger partial charge < -0.3 is 16.2 Å². The fraction of sp³-hybridized carbons (Fsp3) is 0.219. The minimum Gasteiger partial charge on any atom is -0.397 e. The molecule has 0 saturated heterocycles. The summed E-state index contributed by atoms with van der Waals surface area (Å²) in [6.45, 7) is 4.83. The van der Waals surface area contributed by atoms with Crippen LogP contribution in [-0.2, 0) is 11.2 Å². The summed E-state index contributed by atoms with van der Waals surface area (Å²) in [5, 5.41) is 28.8. The van der Waals surface area contributed by atoms with Gasteiger partial charge >= 0.3 is 0 Å². The molecule has 0 saturated carbocycles. The molecule has 5 aromatic rings. The van der Waals surface area contributed by atoms with Crippen LogP contribution in [0.2, 0.25) is 0 Å². The molecule has 42 heavy (non-hydrogen) atoms. The number of nitro benzene ring substituents is 1. The summed E-state index contributed by atoms with van der Waals surface area (Å²) >= 11 is 1.17. The van der Waals surface area contributed by atoms with Crippen LogP contribution in [0.15, 0.2) is 66.7 Å². The lowest BCUT2D eigenvalue weighted by atomic mass is 9.62. The average Bonchev–Trinajstić information content (AvgIpc) is 3.27. The number of nitrogens with two attached hydrogens (primary N) is 1. The monoisotopic (exact) mass is 580 g/mol. The lowest BCUT2D eigenvalue weighted by molar-refractivity contribution is -0.384. The van der Waals surface area contributed by atoms with Crippen molar-refractivity contribution in [1.82, 2.24) is 4.98 Å². The first-order valence-corrected chi connectivity index (χ1v) is 14.3. The summed E-state index contributed by atoms with van der Waals surface area (Å²) in [5.74, 6) is -2.20. The molecule has 4 N–H and O–H groups in total. The summed E-state index contributed by atoms with van der Waals surface area (Å²) in [6.07, 6.45) is 0.100. The highest BCUT2D eigenvalue weighted by Gasteiger charge is 2.49. The molecule has 6 rings (SSSR count). The molecule has 2 aromatic heterocycles. The van der Waals surface area contributed by atoms with Crippen LogP contribution >= 0.6 is 11.3 Å². The van der Waals surface area contributed by atoms with Crippen LogP contribution in [0.4, 0.5) is 17.1 Å². The van der Waals surface area contributed by atoms with Crippen molar-refractivity contribution >= 4 is 61.1 Å². The number of hydrogen-bond acceptors (Lipinski definition) is 8. The second kappa shape index (κ2) is 10.0. The number of nitrogens with zero attached hydrogens (tertiary/aromatic N) is 2. The number of nitrogens with one attached hydrogen (secondary N) is 1. The highest BCUT2D eigenvalue weighted by molar-refractivity contribution is 7.21.